The summed E-state index contributed by atoms with van der Waals surface area (Å²) in [5.74, 6) is -0.811. The second kappa shape index (κ2) is 7.04. The summed E-state index contributed by atoms with van der Waals surface area (Å²) in [5.41, 5.74) is 0. The third-order valence-corrected chi connectivity index (χ3v) is 4.89. The van der Waals surface area contributed by atoms with Crippen molar-refractivity contribution in [3.63, 3.8) is 0 Å². The van der Waals surface area contributed by atoms with E-state index in [9.17, 15) is 9.59 Å². The van der Waals surface area contributed by atoms with Crippen LogP contribution in [0.3, 0.4) is 0 Å². The molecule has 22 heavy (non-hydrogen) atoms. The number of nitrogens with zero attached hydrogens (tertiary/aromatic N) is 3. The number of carbonyl (C=O) groups is 2. The number of carboxylic acids is 1. The van der Waals surface area contributed by atoms with Crippen LogP contribution in [0.5, 0.6) is 0 Å². The first kappa shape index (κ1) is 16.7. The van der Waals surface area contributed by atoms with Crippen molar-refractivity contribution in [2.24, 2.45) is 11.8 Å². The first-order chi connectivity index (χ1) is 10.4. The summed E-state index contributed by atoms with van der Waals surface area (Å²) in [6.07, 6.45) is 0.618. The highest BCUT2D eigenvalue weighted by molar-refractivity contribution is 7.11. The Morgan fingerprint density at radius 2 is 2.14 bits per heavy atom. The van der Waals surface area contributed by atoms with Gasteiger partial charge in [-0.2, -0.15) is 0 Å². The molecule has 0 spiro atoms. The van der Waals surface area contributed by atoms with Crippen molar-refractivity contribution >= 4 is 23.3 Å². The van der Waals surface area contributed by atoms with Crippen LogP contribution in [-0.2, 0) is 11.3 Å². The Bertz CT molecular complexity index is 546. The lowest BCUT2D eigenvalue weighted by Gasteiger charge is -2.34. The van der Waals surface area contributed by atoms with Crippen LogP contribution in [0.1, 0.15) is 43.1 Å². The molecule has 2 unspecified atom stereocenters. The predicted molar refractivity (Wildman–Crippen MR) is 82.7 cm³/mol. The van der Waals surface area contributed by atoms with Crippen molar-refractivity contribution in [2.75, 3.05) is 13.1 Å². The molecule has 2 atom stereocenters. The Kier molecular flexibility index (Phi) is 5.33. The molecule has 2 rings (SSSR count). The summed E-state index contributed by atoms with van der Waals surface area (Å²) in [7, 11) is 0. The van der Waals surface area contributed by atoms with Crippen LogP contribution < -0.4 is 5.32 Å². The van der Waals surface area contributed by atoms with Gasteiger partial charge in [-0.05, 0) is 12.3 Å². The number of aliphatic carboxylic acids is 1. The highest BCUT2D eigenvalue weighted by Crippen LogP contribution is 2.22. The summed E-state index contributed by atoms with van der Waals surface area (Å²) in [4.78, 5) is 24.9. The number of rotatable bonds is 4. The van der Waals surface area contributed by atoms with Crippen LogP contribution in [0.15, 0.2) is 0 Å². The molecule has 1 aromatic rings. The van der Waals surface area contributed by atoms with Crippen molar-refractivity contribution in [2.45, 2.75) is 39.7 Å². The first-order valence-electron chi connectivity index (χ1n) is 7.44. The molecule has 122 valence electrons. The van der Waals surface area contributed by atoms with Gasteiger partial charge in [-0.25, -0.2) is 4.79 Å². The molecule has 2 N–H and O–H groups in total. The van der Waals surface area contributed by atoms with Crippen molar-refractivity contribution in [3.05, 3.63) is 10.0 Å². The van der Waals surface area contributed by atoms with E-state index in [1.54, 1.807) is 4.90 Å². The molecule has 2 heterocycles. The topological polar surface area (TPSA) is 95.4 Å². The predicted octanol–water partition coefficient (Wildman–Crippen LogP) is 1.91. The fourth-order valence-electron chi connectivity index (χ4n) is 2.53. The number of urea groups is 1. The van der Waals surface area contributed by atoms with Crippen LogP contribution in [0, 0.1) is 11.8 Å². The van der Waals surface area contributed by atoms with Crippen LogP contribution in [0.2, 0.25) is 0 Å². The molecular formula is C14H22N4O3S. The number of likely N-dealkylation sites (tertiary alicyclic amines) is 1. The van der Waals surface area contributed by atoms with E-state index in [0.717, 1.165) is 10.0 Å². The van der Waals surface area contributed by atoms with Gasteiger partial charge < -0.3 is 15.3 Å². The van der Waals surface area contributed by atoms with Gasteiger partial charge >= 0.3 is 12.0 Å². The molecule has 8 heteroatoms. The number of amides is 2. The van der Waals surface area contributed by atoms with Gasteiger partial charge in [0.2, 0.25) is 0 Å². The van der Waals surface area contributed by atoms with Crippen molar-refractivity contribution in [1.82, 2.24) is 20.4 Å². The number of hydrogen-bond donors (Lipinski definition) is 2. The molecule has 1 fully saturated rings. The lowest BCUT2D eigenvalue weighted by atomic mass is 9.91. The number of carbonyl (C=O) groups excluding carboxylic acids is 1. The Balaban J connectivity index is 1.89. The van der Waals surface area contributed by atoms with Gasteiger partial charge in [0, 0.05) is 19.0 Å². The summed E-state index contributed by atoms with van der Waals surface area (Å²) in [5, 5.41) is 21.8. The number of carboxylic acid groups (broad SMARTS) is 1. The molecule has 7 nitrogen and oxygen atoms in total. The van der Waals surface area contributed by atoms with Crippen molar-refractivity contribution in [3.8, 4) is 0 Å². The third kappa shape index (κ3) is 4.16. The summed E-state index contributed by atoms with van der Waals surface area (Å²) < 4.78 is 0. The summed E-state index contributed by atoms with van der Waals surface area (Å²) >= 11 is 1.49. The van der Waals surface area contributed by atoms with Crippen LogP contribution in [0.25, 0.3) is 0 Å². The van der Waals surface area contributed by atoms with E-state index in [2.05, 4.69) is 15.5 Å². The monoisotopic (exact) mass is 326 g/mol. The van der Waals surface area contributed by atoms with Crippen LogP contribution in [-0.4, -0.2) is 45.3 Å². The number of hydrogen-bond acceptors (Lipinski definition) is 5. The molecule has 0 bridgehead atoms. The minimum absolute atomic E-state index is 0.190. The second-order valence-corrected chi connectivity index (χ2v) is 7.22. The lowest BCUT2D eigenvalue weighted by molar-refractivity contribution is -0.143. The zero-order chi connectivity index (χ0) is 16.3. The normalized spacial score (nSPS) is 21.9. The van der Waals surface area contributed by atoms with Gasteiger partial charge in [0.1, 0.15) is 10.0 Å². The van der Waals surface area contributed by atoms with Crippen LogP contribution >= 0.6 is 11.3 Å². The lowest BCUT2D eigenvalue weighted by Crippen LogP contribution is -2.49. The van der Waals surface area contributed by atoms with E-state index in [1.165, 1.54) is 11.3 Å². The Morgan fingerprint density at radius 3 is 2.73 bits per heavy atom. The number of aromatic nitrogens is 2. The minimum Gasteiger partial charge on any atom is -0.481 e. The van der Waals surface area contributed by atoms with Gasteiger partial charge in [-0.1, -0.05) is 32.1 Å². The maximum absolute atomic E-state index is 12.2. The minimum atomic E-state index is -0.838. The summed E-state index contributed by atoms with van der Waals surface area (Å²) in [6.45, 7) is 7.23. The molecule has 2 amide bonds. The quantitative estimate of drug-likeness (QED) is 0.881. The van der Waals surface area contributed by atoms with E-state index in [1.807, 2.05) is 20.8 Å². The van der Waals surface area contributed by atoms with Gasteiger partial charge in [-0.3, -0.25) is 4.79 Å². The smallest absolute Gasteiger partial charge is 0.317 e. The van der Waals surface area contributed by atoms with Gasteiger partial charge in [0.25, 0.3) is 0 Å². The molecule has 0 saturated carbocycles. The molecular weight excluding hydrogens is 304 g/mol. The van der Waals surface area contributed by atoms with Crippen molar-refractivity contribution < 1.29 is 14.7 Å². The largest absolute Gasteiger partial charge is 0.481 e. The molecule has 1 aromatic heterocycles. The Morgan fingerprint density at radius 1 is 1.41 bits per heavy atom. The van der Waals surface area contributed by atoms with E-state index in [0.29, 0.717) is 25.4 Å². The highest BCUT2D eigenvalue weighted by Gasteiger charge is 2.31. The standard InChI is InChI=1S/C14H22N4O3S/c1-8(2)12-17-16-11(22-12)5-15-14(21)18-6-9(3)4-10(7-18)13(19)20/h8-10H,4-7H2,1-3H3,(H,15,21)(H,19,20). The molecule has 1 aliphatic rings. The van der Waals surface area contributed by atoms with Gasteiger partial charge in [0.15, 0.2) is 0 Å². The molecule has 1 saturated heterocycles. The molecule has 0 radical (unpaired) electrons. The van der Waals surface area contributed by atoms with Crippen molar-refractivity contribution in [1.29, 1.82) is 0 Å². The fraction of sp³-hybridized carbons (Fsp3) is 0.714. The zero-order valence-electron chi connectivity index (χ0n) is 13.1. The highest BCUT2D eigenvalue weighted by atomic mass is 32.1. The third-order valence-electron chi connectivity index (χ3n) is 3.66. The first-order valence-corrected chi connectivity index (χ1v) is 8.26. The summed E-state index contributed by atoms with van der Waals surface area (Å²) in [6, 6.07) is -0.237. The van der Waals surface area contributed by atoms with E-state index >= 15 is 0 Å². The maximum Gasteiger partial charge on any atom is 0.317 e. The Hall–Kier alpha value is -1.70. The average Bonchev–Trinajstić information content (AvgIpc) is 2.93. The second-order valence-electron chi connectivity index (χ2n) is 6.13. The number of nitrogens with one attached hydrogen (secondary N) is 1. The molecule has 0 aliphatic carbocycles. The SMILES string of the molecule is CC1CC(C(=O)O)CN(C(=O)NCc2nnc(C(C)C)s2)C1. The van der Waals surface area contributed by atoms with Gasteiger partial charge in [-0.15, -0.1) is 10.2 Å². The van der Waals surface area contributed by atoms with Crippen LogP contribution in [0.4, 0.5) is 4.79 Å². The Labute approximate surface area is 133 Å². The van der Waals surface area contributed by atoms with Gasteiger partial charge in [0.05, 0.1) is 12.5 Å². The fourth-order valence-corrected chi connectivity index (χ4v) is 3.32. The average molecular weight is 326 g/mol. The van der Waals surface area contributed by atoms with E-state index in [4.69, 9.17) is 5.11 Å². The van der Waals surface area contributed by atoms with E-state index in [-0.39, 0.29) is 18.5 Å². The number of piperidine rings is 1. The molecule has 1 aliphatic heterocycles. The maximum atomic E-state index is 12.2. The van der Waals surface area contributed by atoms with E-state index < -0.39 is 11.9 Å². The zero-order valence-corrected chi connectivity index (χ0v) is 13.9. The molecule has 0 aromatic carbocycles.